The molecule has 1 N–H and O–H groups in total. The summed E-state index contributed by atoms with van der Waals surface area (Å²) in [5.74, 6) is 0.890. The second-order valence-electron chi connectivity index (χ2n) is 4.42. The molecule has 0 amide bonds. The molecule has 18 heavy (non-hydrogen) atoms. The highest BCUT2D eigenvalue weighted by atomic mass is 16.7. The zero-order chi connectivity index (χ0) is 13.4. The lowest BCUT2D eigenvalue weighted by Gasteiger charge is -2.15. The van der Waals surface area contributed by atoms with Gasteiger partial charge in [0.2, 0.25) is 0 Å². The molecular weight excluding hydrogens is 230 g/mol. The van der Waals surface area contributed by atoms with Crippen LogP contribution in [0.15, 0.2) is 24.3 Å². The second-order valence-corrected chi connectivity index (χ2v) is 4.42. The summed E-state index contributed by atoms with van der Waals surface area (Å²) < 4.78 is 10.5. The Labute approximate surface area is 109 Å². The van der Waals surface area contributed by atoms with Gasteiger partial charge in [0.05, 0.1) is 25.4 Å². The Hall–Kier alpha value is -1.10. The molecule has 0 saturated carbocycles. The Morgan fingerprint density at radius 3 is 2.28 bits per heavy atom. The number of hydroxylamine groups is 1. The summed E-state index contributed by atoms with van der Waals surface area (Å²) in [6.07, 6.45) is 0.198. The van der Waals surface area contributed by atoms with E-state index in [1.807, 2.05) is 45.0 Å². The van der Waals surface area contributed by atoms with Crippen LogP contribution >= 0.6 is 0 Å². The van der Waals surface area contributed by atoms with Gasteiger partial charge in [0.1, 0.15) is 5.75 Å². The van der Waals surface area contributed by atoms with E-state index in [2.05, 4.69) is 5.48 Å². The SMILES string of the molecule is COCCONC(C)c1ccc(OC(C)C)cc1. The number of benzene rings is 1. The van der Waals surface area contributed by atoms with Gasteiger partial charge in [-0.3, -0.25) is 4.84 Å². The van der Waals surface area contributed by atoms with Gasteiger partial charge in [0, 0.05) is 7.11 Å². The summed E-state index contributed by atoms with van der Waals surface area (Å²) in [6.45, 7) is 7.20. The second kappa shape index (κ2) is 8.08. The summed E-state index contributed by atoms with van der Waals surface area (Å²) in [5.41, 5.74) is 4.13. The van der Waals surface area contributed by atoms with Crippen molar-refractivity contribution in [2.24, 2.45) is 0 Å². The van der Waals surface area contributed by atoms with Gasteiger partial charge in [-0.1, -0.05) is 12.1 Å². The molecule has 0 aliphatic rings. The van der Waals surface area contributed by atoms with E-state index in [9.17, 15) is 0 Å². The van der Waals surface area contributed by atoms with Crippen LogP contribution in [0.1, 0.15) is 32.4 Å². The summed E-state index contributed by atoms with van der Waals surface area (Å²) in [6, 6.07) is 8.16. The molecule has 1 unspecified atom stereocenters. The van der Waals surface area contributed by atoms with Gasteiger partial charge in [-0.15, -0.1) is 0 Å². The highest BCUT2D eigenvalue weighted by Gasteiger charge is 2.05. The number of ether oxygens (including phenoxy) is 2. The van der Waals surface area contributed by atoms with Gasteiger partial charge in [0.15, 0.2) is 0 Å². The van der Waals surface area contributed by atoms with Crippen molar-refractivity contribution in [2.75, 3.05) is 20.3 Å². The fraction of sp³-hybridized carbons (Fsp3) is 0.571. The number of rotatable bonds is 8. The lowest BCUT2D eigenvalue weighted by atomic mass is 10.1. The molecule has 4 heteroatoms. The summed E-state index contributed by atoms with van der Waals surface area (Å²) in [4.78, 5) is 5.28. The smallest absolute Gasteiger partial charge is 0.119 e. The first kappa shape index (κ1) is 15.0. The lowest BCUT2D eigenvalue weighted by molar-refractivity contribution is -0.00925. The number of methoxy groups -OCH3 is 1. The zero-order valence-corrected chi connectivity index (χ0v) is 11.6. The average Bonchev–Trinajstić information content (AvgIpc) is 2.34. The maximum atomic E-state index is 5.59. The van der Waals surface area contributed by atoms with E-state index >= 15 is 0 Å². The van der Waals surface area contributed by atoms with Gasteiger partial charge in [-0.2, -0.15) is 5.48 Å². The first-order valence-electron chi connectivity index (χ1n) is 6.26. The van der Waals surface area contributed by atoms with E-state index in [1.54, 1.807) is 7.11 Å². The predicted molar refractivity (Wildman–Crippen MR) is 71.6 cm³/mol. The monoisotopic (exact) mass is 253 g/mol. The molecule has 102 valence electrons. The molecule has 1 aromatic rings. The highest BCUT2D eigenvalue weighted by molar-refractivity contribution is 5.28. The molecule has 0 saturated heterocycles. The molecule has 0 aliphatic carbocycles. The van der Waals surface area contributed by atoms with E-state index in [1.165, 1.54) is 0 Å². The van der Waals surface area contributed by atoms with E-state index in [0.717, 1.165) is 11.3 Å². The first-order chi connectivity index (χ1) is 8.63. The van der Waals surface area contributed by atoms with Crippen LogP contribution in [0.3, 0.4) is 0 Å². The zero-order valence-electron chi connectivity index (χ0n) is 11.6. The van der Waals surface area contributed by atoms with Gasteiger partial charge in [0.25, 0.3) is 0 Å². The van der Waals surface area contributed by atoms with Crippen LogP contribution in [-0.2, 0) is 9.57 Å². The Morgan fingerprint density at radius 1 is 1.06 bits per heavy atom. The lowest BCUT2D eigenvalue weighted by Crippen LogP contribution is -2.21. The van der Waals surface area contributed by atoms with Crippen LogP contribution in [-0.4, -0.2) is 26.4 Å². The molecule has 0 fully saturated rings. The molecule has 0 aliphatic heterocycles. The summed E-state index contributed by atoms with van der Waals surface area (Å²) in [7, 11) is 1.65. The Morgan fingerprint density at radius 2 is 1.72 bits per heavy atom. The Kier molecular flexibility index (Phi) is 6.72. The average molecular weight is 253 g/mol. The molecule has 1 rings (SSSR count). The van der Waals surface area contributed by atoms with Crippen LogP contribution in [0.2, 0.25) is 0 Å². The summed E-state index contributed by atoms with van der Waals surface area (Å²) in [5, 5.41) is 0. The topological polar surface area (TPSA) is 39.7 Å². The summed E-state index contributed by atoms with van der Waals surface area (Å²) >= 11 is 0. The quantitative estimate of drug-likeness (QED) is 0.571. The van der Waals surface area contributed by atoms with Crippen LogP contribution in [0.25, 0.3) is 0 Å². The largest absolute Gasteiger partial charge is 0.491 e. The third-order valence-electron chi connectivity index (χ3n) is 2.40. The van der Waals surface area contributed by atoms with Crippen LogP contribution in [0.4, 0.5) is 0 Å². The first-order valence-corrected chi connectivity index (χ1v) is 6.26. The molecule has 4 nitrogen and oxygen atoms in total. The van der Waals surface area contributed by atoms with Crippen molar-refractivity contribution in [1.82, 2.24) is 5.48 Å². The van der Waals surface area contributed by atoms with Crippen molar-refractivity contribution < 1.29 is 14.3 Å². The van der Waals surface area contributed by atoms with E-state index < -0.39 is 0 Å². The number of hydrogen-bond acceptors (Lipinski definition) is 4. The Balaban J connectivity index is 2.41. The standard InChI is InChI=1S/C14H23NO3/c1-11(2)18-14-7-5-13(6-8-14)12(3)15-17-10-9-16-4/h5-8,11-12,15H,9-10H2,1-4H3. The van der Waals surface area contributed by atoms with Crippen LogP contribution in [0.5, 0.6) is 5.75 Å². The van der Waals surface area contributed by atoms with Gasteiger partial charge in [-0.25, -0.2) is 0 Å². The molecular formula is C14H23NO3. The number of hydrogen-bond donors (Lipinski definition) is 1. The minimum absolute atomic E-state index is 0.134. The third kappa shape index (κ3) is 5.49. The van der Waals surface area contributed by atoms with Crippen molar-refractivity contribution in [3.8, 4) is 5.75 Å². The van der Waals surface area contributed by atoms with Crippen molar-refractivity contribution in [2.45, 2.75) is 32.9 Å². The maximum absolute atomic E-state index is 5.59. The van der Waals surface area contributed by atoms with Crippen molar-refractivity contribution in [3.63, 3.8) is 0 Å². The van der Waals surface area contributed by atoms with Crippen LogP contribution in [0, 0.1) is 0 Å². The molecule has 0 aromatic heterocycles. The fourth-order valence-corrected chi connectivity index (χ4v) is 1.48. The minimum atomic E-state index is 0.134. The van der Waals surface area contributed by atoms with E-state index in [4.69, 9.17) is 14.3 Å². The number of nitrogens with one attached hydrogen (secondary N) is 1. The molecule has 0 bridgehead atoms. The minimum Gasteiger partial charge on any atom is -0.491 e. The van der Waals surface area contributed by atoms with Gasteiger partial charge >= 0.3 is 0 Å². The normalized spacial score (nSPS) is 12.7. The van der Waals surface area contributed by atoms with E-state index in [-0.39, 0.29) is 12.1 Å². The van der Waals surface area contributed by atoms with Crippen LogP contribution < -0.4 is 10.2 Å². The predicted octanol–water partition coefficient (Wildman–Crippen LogP) is 2.70. The maximum Gasteiger partial charge on any atom is 0.119 e. The highest BCUT2D eigenvalue weighted by Crippen LogP contribution is 2.18. The molecule has 0 spiro atoms. The van der Waals surface area contributed by atoms with Crippen molar-refractivity contribution >= 4 is 0 Å². The van der Waals surface area contributed by atoms with Crippen molar-refractivity contribution in [1.29, 1.82) is 0 Å². The molecule has 1 aromatic carbocycles. The molecule has 0 heterocycles. The fourth-order valence-electron chi connectivity index (χ4n) is 1.48. The third-order valence-corrected chi connectivity index (χ3v) is 2.40. The van der Waals surface area contributed by atoms with Gasteiger partial charge in [-0.05, 0) is 38.5 Å². The molecule has 1 atom stereocenters. The Bertz CT molecular complexity index is 324. The molecule has 0 radical (unpaired) electrons. The van der Waals surface area contributed by atoms with E-state index in [0.29, 0.717) is 13.2 Å². The van der Waals surface area contributed by atoms with Gasteiger partial charge < -0.3 is 9.47 Å². The van der Waals surface area contributed by atoms with Crippen molar-refractivity contribution in [3.05, 3.63) is 29.8 Å².